The summed E-state index contributed by atoms with van der Waals surface area (Å²) in [4.78, 5) is 11.7. The number of benzene rings is 1. The third-order valence-corrected chi connectivity index (χ3v) is 3.82. The van der Waals surface area contributed by atoms with Crippen LogP contribution in [0.25, 0.3) is 0 Å². The van der Waals surface area contributed by atoms with Crippen LogP contribution in [0.1, 0.15) is 10.4 Å². The standard InChI is InChI=1S/C11H12Cl2O3S/c12-9-2-1-7(3-10(9)13)11(16)6-17-5-8(15)4-14/h1-3,8,14-15H,4-6H2. The van der Waals surface area contributed by atoms with E-state index in [1.165, 1.54) is 17.8 Å². The topological polar surface area (TPSA) is 57.5 Å². The zero-order valence-corrected chi connectivity index (χ0v) is 11.2. The van der Waals surface area contributed by atoms with Crippen molar-refractivity contribution < 1.29 is 15.0 Å². The molecular formula is C11H12Cl2O3S. The third-order valence-electron chi connectivity index (χ3n) is 2.00. The summed E-state index contributed by atoms with van der Waals surface area (Å²) in [7, 11) is 0. The minimum atomic E-state index is -0.790. The fourth-order valence-corrected chi connectivity index (χ4v) is 2.24. The van der Waals surface area contributed by atoms with E-state index in [0.717, 1.165) is 0 Å². The fourth-order valence-electron chi connectivity index (χ4n) is 1.09. The highest BCUT2D eigenvalue weighted by molar-refractivity contribution is 8.00. The lowest BCUT2D eigenvalue weighted by atomic mass is 10.1. The van der Waals surface area contributed by atoms with Gasteiger partial charge in [-0.3, -0.25) is 4.79 Å². The highest BCUT2D eigenvalue weighted by Crippen LogP contribution is 2.23. The summed E-state index contributed by atoms with van der Waals surface area (Å²) in [5, 5.41) is 18.5. The van der Waals surface area contributed by atoms with Gasteiger partial charge in [0.15, 0.2) is 5.78 Å². The molecule has 6 heteroatoms. The second kappa shape index (κ2) is 7.24. The average molecular weight is 295 g/mol. The lowest BCUT2D eigenvalue weighted by Crippen LogP contribution is -2.16. The first-order chi connectivity index (χ1) is 8.04. The molecule has 0 bridgehead atoms. The quantitative estimate of drug-likeness (QED) is 0.790. The molecule has 0 saturated carbocycles. The van der Waals surface area contributed by atoms with Crippen molar-refractivity contribution in [3.63, 3.8) is 0 Å². The Morgan fingerprint density at radius 3 is 2.65 bits per heavy atom. The molecule has 3 nitrogen and oxygen atoms in total. The van der Waals surface area contributed by atoms with E-state index in [1.807, 2.05) is 0 Å². The number of Topliss-reactive ketones (excluding diaryl/α,β-unsaturated/α-hetero) is 1. The van der Waals surface area contributed by atoms with Gasteiger partial charge < -0.3 is 10.2 Å². The van der Waals surface area contributed by atoms with Gasteiger partial charge in [-0.05, 0) is 18.2 Å². The van der Waals surface area contributed by atoms with Crippen LogP contribution in [0.15, 0.2) is 18.2 Å². The Morgan fingerprint density at radius 1 is 1.35 bits per heavy atom. The number of aliphatic hydroxyl groups excluding tert-OH is 2. The van der Waals surface area contributed by atoms with E-state index in [9.17, 15) is 4.79 Å². The van der Waals surface area contributed by atoms with Gasteiger partial charge in [0.1, 0.15) is 0 Å². The Kier molecular flexibility index (Phi) is 6.30. The summed E-state index contributed by atoms with van der Waals surface area (Å²) in [5.74, 6) is 0.470. The van der Waals surface area contributed by atoms with Crippen molar-refractivity contribution in [2.24, 2.45) is 0 Å². The molecule has 1 rings (SSSR count). The monoisotopic (exact) mass is 294 g/mol. The van der Waals surface area contributed by atoms with Crippen LogP contribution in [-0.4, -0.2) is 40.2 Å². The van der Waals surface area contributed by atoms with Crippen LogP contribution in [-0.2, 0) is 0 Å². The SMILES string of the molecule is O=C(CSCC(O)CO)c1ccc(Cl)c(Cl)c1. The molecule has 1 aromatic carbocycles. The van der Waals surface area contributed by atoms with Crippen LogP contribution < -0.4 is 0 Å². The minimum Gasteiger partial charge on any atom is -0.394 e. The Bertz CT molecular complexity index is 398. The summed E-state index contributed by atoms with van der Waals surface area (Å²) >= 11 is 12.8. The molecule has 0 aliphatic rings. The maximum absolute atomic E-state index is 11.7. The number of carbonyl (C=O) groups excluding carboxylic acids is 1. The van der Waals surface area contributed by atoms with E-state index < -0.39 is 6.10 Å². The van der Waals surface area contributed by atoms with Crippen LogP contribution >= 0.6 is 35.0 Å². The normalized spacial score (nSPS) is 12.5. The zero-order valence-electron chi connectivity index (χ0n) is 8.90. The molecule has 0 radical (unpaired) electrons. The molecule has 17 heavy (non-hydrogen) atoms. The van der Waals surface area contributed by atoms with Gasteiger partial charge >= 0.3 is 0 Å². The van der Waals surface area contributed by atoms with Gasteiger partial charge in [0.2, 0.25) is 0 Å². The summed E-state index contributed by atoms with van der Waals surface area (Å²) in [5.41, 5.74) is 0.491. The van der Waals surface area contributed by atoms with Gasteiger partial charge in [0.25, 0.3) is 0 Å². The van der Waals surface area contributed by atoms with Crippen molar-refractivity contribution in [1.82, 2.24) is 0 Å². The second-order valence-electron chi connectivity index (χ2n) is 3.40. The van der Waals surface area contributed by atoms with E-state index in [0.29, 0.717) is 21.4 Å². The molecule has 0 aliphatic carbocycles. The van der Waals surface area contributed by atoms with E-state index in [2.05, 4.69) is 0 Å². The molecule has 0 amide bonds. The number of hydrogen-bond acceptors (Lipinski definition) is 4. The molecular weight excluding hydrogens is 283 g/mol. The maximum Gasteiger partial charge on any atom is 0.172 e. The van der Waals surface area contributed by atoms with E-state index in [4.69, 9.17) is 33.4 Å². The molecule has 1 atom stereocenters. The molecule has 0 aromatic heterocycles. The number of halogens is 2. The van der Waals surface area contributed by atoms with Gasteiger partial charge in [0.05, 0.1) is 28.5 Å². The Balaban J connectivity index is 2.50. The summed E-state index contributed by atoms with van der Waals surface area (Å²) in [6.07, 6.45) is -0.790. The van der Waals surface area contributed by atoms with E-state index in [1.54, 1.807) is 12.1 Å². The number of hydrogen-bond donors (Lipinski definition) is 2. The minimum absolute atomic E-state index is 0.0845. The first kappa shape index (κ1) is 14.8. The number of carbonyl (C=O) groups is 1. The van der Waals surface area contributed by atoms with Crippen LogP contribution in [0.5, 0.6) is 0 Å². The molecule has 94 valence electrons. The van der Waals surface area contributed by atoms with Crippen LogP contribution in [0.2, 0.25) is 10.0 Å². The van der Waals surface area contributed by atoms with E-state index >= 15 is 0 Å². The predicted molar refractivity (Wildman–Crippen MR) is 71.2 cm³/mol. The van der Waals surface area contributed by atoms with E-state index in [-0.39, 0.29) is 18.1 Å². The van der Waals surface area contributed by atoms with Crippen molar-refractivity contribution in [1.29, 1.82) is 0 Å². The molecule has 0 spiro atoms. The lowest BCUT2D eigenvalue weighted by Gasteiger charge is -2.06. The first-order valence-electron chi connectivity index (χ1n) is 4.89. The zero-order chi connectivity index (χ0) is 12.8. The molecule has 1 aromatic rings. The van der Waals surface area contributed by atoms with Gasteiger partial charge in [-0.1, -0.05) is 23.2 Å². The Labute approximate surface area is 114 Å². The molecule has 0 aliphatic heterocycles. The lowest BCUT2D eigenvalue weighted by molar-refractivity contribution is 0.102. The second-order valence-corrected chi connectivity index (χ2v) is 5.25. The van der Waals surface area contributed by atoms with Gasteiger partial charge in [-0.25, -0.2) is 0 Å². The molecule has 2 N–H and O–H groups in total. The summed E-state index contributed by atoms with van der Waals surface area (Å²) in [6.45, 7) is -0.298. The highest BCUT2D eigenvalue weighted by atomic mass is 35.5. The van der Waals surface area contributed by atoms with Crippen LogP contribution in [0.3, 0.4) is 0 Å². The smallest absolute Gasteiger partial charge is 0.172 e. The third kappa shape index (κ3) is 4.85. The van der Waals surface area contributed by atoms with Crippen LogP contribution in [0, 0.1) is 0 Å². The molecule has 0 heterocycles. The molecule has 1 unspecified atom stereocenters. The average Bonchev–Trinajstić information content (AvgIpc) is 2.32. The largest absolute Gasteiger partial charge is 0.394 e. The maximum atomic E-state index is 11.7. The number of ketones is 1. The van der Waals surface area contributed by atoms with Gasteiger partial charge in [-0.2, -0.15) is 11.8 Å². The fraction of sp³-hybridized carbons (Fsp3) is 0.364. The highest BCUT2D eigenvalue weighted by Gasteiger charge is 2.09. The Hall–Kier alpha value is -0.260. The number of aliphatic hydroxyl groups is 2. The van der Waals surface area contributed by atoms with Crippen molar-refractivity contribution in [2.45, 2.75) is 6.10 Å². The van der Waals surface area contributed by atoms with Crippen molar-refractivity contribution in [3.05, 3.63) is 33.8 Å². The van der Waals surface area contributed by atoms with Crippen molar-refractivity contribution in [3.8, 4) is 0 Å². The van der Waals surface area contributed by atoms with Gasteiger partial charge in [0, 0.05) is 11.3 Å². The molecule has 0 saturated heterocycles. The Morgan fingerprint density at radius 2 is 2.06 bits per heavy atom. The molecule has 0 fully saturated rings. The van der Waals surface area contributed by atoms with Crippen molar-refractivity contribution >= 4 is 40.7 Å². The number of thioether (sulfide) groups is 1. The van der Waals surface area contributed by atoms with Gasteiger partial charge in [-0.15, -0.1) is 0 Å². The summed E-state index contributed by atoms with van der Waals surface area (Å²) in [6, 6.07) is 4.71. The van der Waals surface area contributed by atoms with Crippen LogP contribution in [0.4, 0.5) is 0 Å². The van der Waals surface area contributed by atoms with Crippen molar-refractivity contribution in [2.75, 3.05) is 18.1 Å². The summed E-state index contributed by atoms with van der Waals surface area (Å²) < 4.78 is 0. The predicted octanol–water partition coefficient (Wildman–Crippen LogP) is 2.26. The number of rotatable bonds is 6. The first-order valence-corrected chi connectivity index (χ1v) is 6.80.